The quantitative estimate of drug-likeness (QED) is 0.232. The van der Waals surface area contributed by atoms with Gasteiger partial charge in [0.15, 0.2) is 15.9 Å². The van der Waals surface area contributed by atoms with Gasteiger partial charge in [-0.3, -0.25) is 9.36 Å². The molecular formula is C20H21BrN8O2S. The Hall–Kier alpha value is -2.86. The smallest absolute Gasteiger partial charge is 0.286 e. The number of H-pyrrole nitrogens is 1. The summed E-state index contributed by atoms with van der Waals surface area (Å²) in [7, 11) is 0. The molecule has 0 spiro atoms. The standard InChI is InChI=1S/C20H21BrN8O2S/c1-2-3-4-9-28-17-15(23-19(21)24-17)18(30)29-13(25-26-20(28)29)6-5-7-14-22-16(27-31-14)12-8-10-32-11-12/h8,10-11H,2-7,9H2,1H3,(H,23,24). The number of fused-ring (bicyclic) bond motifs is 2. The second-order valence-corrected chi connectivity index (χ2v) is 9.05. The molecule has 10 nitrogen and oxygen atoms in total. The zero-order valence-corrected chi connectivity index (χ0v) is 19.8. The highest BCUT2D eigenvalue weighted by molar-refractivity contribution is 9.10. The van der Waals surface area contributed by atoms with E-state index in [0.29, 0.717) is 58.5 Å². The van der Waals surface area contributed by atoms with Crippen molar-refractivity contribution in [3.8, 4) is 11.4 Å². The Morgan fingerprint density at radius 2 is 2.09 bits per heavy atom. The SMILES string of the molecule is CCCCCn1c2nc(Br)[nH]c2c(=O)n2c(CCCc3nc(-c4ccsc4)no3)nnc12. The van der Waals surface area contributed by atoms with Crippen LogP contribution < -0.4 is 5.56 Å². The lowest BCUT2D eigenvalue weighted by molar-refractivity contribution is 0.375. The molecule has 0 aliphatic carbocycles. The largest absolute Gasteiger partial charge is 0.339 e. The van der Waals surface area contributed by atoms with Crippen molar-refractivity contribution < 1.29 is 4.52 Å². The number of thiophene rings is 1. The fraction of sp³-hybridized carbons (Fsp3) is 0.400. The third-order valence-electron chi connectivity index (χ3n) is 5.31. The molecule has 0 atom stereocenters. The first kappa shape index (κ1) is 21.0. The number of hydrogen-bond acceptors (Lipinski definition) is 8. The number of rotatable bonds is 9. The van der Waals surface area contributed by atoms with Crippen molar-refractivity contribution in [2.75, 3.05) is 0 Å². The van der Waals surface area contributed by atoms with Gasteiger partial charge in [-0.2, -0.15) is 16.3 Å². The number of unbranched alkanes of at least 4 members (excludes halogenated alkanes) is 2. The molecule has 0 radical (unpaired) electrons. The molecule has 0 fully saturated rings. The summed E-state index contributed by atoms with van der Waals surface area (Å²) in [6, 6.07) is 1.96. The van der Waals surface area contributed by atoms with Gasteiger partial charge in [0.2, 0.25) is 17.5 Å². The third-order valence-corrected chi connectivity index (χ3v) is 6.37. The van der Waals surface area contributed by atoms with E-state index in [2.05, 4.69) is 53.2 Å². The Labute approximate surface area is 194 Å². The minimum Gasteiger partial charge on any atom is -0.339 e. The normalized spacial score (nSPS) is 11.8. The van der Waals surface area contributed by atoms with Crippen LogP contribution in [0.1, 0.15) is 44.3 Å². The van der Waals surface area contributed by atoms with Crippen molar-refractivity contribution in [3.63, 3.8) is 0 Å². The van der Waals surface area contributed by atoms with Crippen LogP contribution in [0.2, 0.25) is 0 Å². The first-order valence-corrected chi connectivity index (χ1v) is 12.3. The Morgan fingerprint density at radius 3 is 2.91 bits per heavy atom. The summed E-state index contributed by atoms with van der Waals surface area (Å²) >= 11 is 4.94. The number of aromatic nitrogens is 8. The maximum atomic E-state index is 13.2. The van der Waals surface area contributed by atoms with E-state index in [1.807, 2.05) is 21.4 Å². The topological polar surface area (TPSA) is 120 Å². The summed E-state index contributed by atoms with van der Waals surface area (Å²) in [6.45, 7) is 2.88. The van der Waals surface area contributed by atoms with E-state index in [0.717, 1.165) is 31.4 Å². The lowest BCUT2D eigenvalue weighted by Gasteiger charge is -2.09. The van der Waals surface area contributed by atoms with Crippen molar-refractivity contribution in [2.45, 2.75) is 52.0 Å². The molecule has 5 aromatic heterocycles. The fourth-order valence-electron chi connectivity index (χ4n) is 3.73. The van der Waals surface area contributed by atoms with Crippen LogP contribution in [0, 0.1) is 0 Å². The van der Waals surface area contributed by atoms with Crippen molar-refractivity contribution in [1.29, 1.82) is 0 Å². The number of imidazole rings is 1. The van der Waals surface area contributed by atoms with Crippen LogP contribution in [-0.4, -0.2) is 39.3 Å². The minimum absolute atomic E-state index is 0.197. The van der Waals surface area contributed by atoms with Crippen molar-refractivity contribution in [1.82, 2.24) is 39.3 Å². The third kappa shape index (κ3) is 3.88. The van der Waals surface area contributed by atoms with Crippen LogP contribution >= 0.6 is 27.3 Å². The van der Waals surface area contributed by atoms with Gasteiger partial charge in [0.1, 0.15) is 5.82 Å². The Morgan fingerprint density at radius 1 is 1.19 bits per heavy atom. The van der Waals surface area contributed by atoms with E-state index in [4.69, 9.17) is 4.52 Å². The van der Waals surface area contributed by atoms with Crippen LogP contribution in [0.5, 0.6) is 0 Å². The molecule has 5 aromatic rings. The lowest BCUT2D eigenvalue weighted by Crippen LogP contribution is -2.21. The first-order valence-electron chi connectivity index (χ1n) is 10.5. The van der Waals surface area contributed by atoms with Gasteiger partial charge in [-0.05, 0) is 40.2 Å². The second-order valence-electron chi connectivity index (χ2n) is 7.52. The molecular weight excluding hydrogens is 496 g/mol. The van der Waals surface area contributed by atoms with Gasteiger partial charge in [0, 0.05) is 30.3 Å². The molecule has 0 saturated heterocycles. The molecule has 5 heterocycles. The number of nitrogens with one attached hydrogen (secondary N) is 1. The first-order chi connectivity index (χ1) is 15.7. The molecule has 0 aliphatic rings. The van der Waals surface area contributed by atoms with Crippen LogP contribution in [-0.2, 0) is 19.4 Å². The number of halogens is 1. The summed E-state index contributed by atoms with van der Waals surface area (Å²) in [4.78, 5) is 25.1. The number of hydrogen-bond donors (Lipinski definition) is 1. The van der Waals surface area contributed by atoms with Crippen LogP contribution in [0.25, 0.3) is 28.3 Å². The molecule has 32 heavy (non-hydrogen) atoms. The highest BCUT2D eigenvalue weighted by Gasteiger charge is 2.19. The van der Waals surface area contributed by atoms with E-state index < -0.39 is 0 Å². The van der Waals surface area contributed by atoms with Gasteiger partial charge in [-0.15, -0.1) is 10.2 Å². The van der Waals surface area contributed by atoms with Crippen LogP contribution in [0.3, 0.4) is 0 Å². The predicted molar refractivity (Wildman–Crippen MR) is 124 cm³/mol. The average molecular weight is 517 g/mol. The maximum Gasteiger partial charge on any atom is 0.286 e. The average Bonchev–Trinajstić information content (AvgIpc) is 3.56. The summed E-state index contributed by atoms with van der Waals surface area (Å²) in [5.74, 6) is 2.29. The summed E-state index contributed by atoms with van der Waals surface area (Å²) in [5.41, 5.74) is 1.79. The van der Waals surface area contributed by atoms with Gasteiger partial charge in [-0.25, -0.2) is 9.38 Å². The molecule has 1 N–H and O–H groups in total. The monoisotopic (exact) mass is 516 g/mol. The van der Waals surface area contributed by atoms with E-state index in [9.17, 15) is 4.79 Å². The Bertz CT molecular complexity index is 1420. The van der Waals surface area contributed by atoms with Crippen molar-refractivity contribution >= 4 is 44.2 Å². The van der Waals surface area contributed by atoms with Crippen LogP contribution in [0.4, 0.5) is 0 Å². The summed E-state index contributed by atoms with van der Waals surface area (Å²) < 4.78 is 9.45. The van der Waals surface area contributed by atoms with Gasteiger partial charge >= 0.3 is 0 Å². The molecule has 12 heteroatoms. The van der Waals surface area contributed by atoms with E-state index >= 15 is 0 Å². The summed E-state index contributed by atoms with van der Waals surface area (Å²) in [5, 5.41) is 16.7. The van der Waals surface area contributed by atoms with E-state index in [-0.39, 0.29) is 5.56 Å². The number of nitrogens with zero attached hydrogens (tertiary/aromatic N) is 7. The molecule has 0 amide bonds. The minimum atomic E-state index is -0.197. The maximum absolute atomic E-state index is 13.2. The van der Waals surface area contributed by atoms with Gasteiger partial charge in [-0.1, -0.05) is 24.9 Å². The van der Waals surface area contributed by atoms with Gasteiger partial charge in [0.05, 0.1) is 0 Å². The molecule has 0 aromatic carbocycles. The highest BCUT2D eigenvalue weighted by Crippen LogP contribution is 2.20. The van der Waals surface area contributed by atoms with E-state index in [1.54, 1.807) is 15.7 Å². The van der Waals surface area contributed by atoms with Crippen molar-refractivity contribution in [2.24, 2.45) is 0 Å². The van der Waals surface area contributed by atoms with Gasteiger partial charge < -0.3 is 9.51 Å². The number of aryl methyl sites for hydroxylation is 3. The highest BCUT2D eigenvalue weighted by atomic mass is 79.9. The molecule has 166 valence electrons. The fourth-order valence-corrected chi connectivity index (χ4v) is 4.73. The summed E-state index contributed by atoms with van der Waals surface area (Å²) in [6.07, 6.45) is 5.01. The molecule has 0 bridgehead atoms. The molecule has 5 rings (SSSR count). The van der Waals surface area contributed by atoms with E-state index in [1.165, 1.54) is 0 Å². The zero-order valence-electron chi connectivity index (χ0n) is 17.4. The molecule has 0 aliphatic heterocycles. The number of aromatic amines is 1. The van der Waals surface area contributed by atoms with Crippen molar-refractivity contribution in [3.05, 3.63) is 43.6 Å². The Balaban J connectivity index is 1.40. The zero-order chi connectivity index (χ0) is 22.1. The lowest BCUT2D eigenvalue weighted by atomic mass is 10.2. The van der Waals surface area contributed by atoms with Crippen LogP contribution in [0.15, 0.2) is 30.9 Å². The van der Waals surface area contributed by atoms with Gasteiger partial charge in [0.25, 0.3) is 5.56 Å². The second kappa shape index (κ2) is 8.94. The molecule has 0 unspecified atom stereocenters. The Kier molecular flexibility index (Phi) is 5.87. The molecule has 0 saturated carbocycles. The predicted octanol–water partition coefficient (Wildman–Crippen LogP) is 4.01.